The lowest BCUT2D eigenvalue weighted by Gasteiger charge is -2.07. The molecule has 0 saturated heterocycles. The first-order valence-electron chi connectivity index (χ1n) is 5.05. The molecule has 3 N–H and O–H groups in total. The third-order valence-corrected chi connectivity index (χ3v) is 2.70. The minimum atomic E-state index is -0.720. The van der Waals surface area contributed by atoms with Crippen LogP contribution in [0.5, 0.6) is 17.2 Å². The van der Waals surface area contributed by atoms with Gasteiger partial charge in [-0.05, 0) is 24.3 Å². The zero-order chi connectivity index (χ0) is 13.3. The molecule has 0 aromatic heterocycles. The fourth-order valence-corrected chi connectivity index (χ4v) is 1.73. The number of hydrogen-bond acceptors (Lipinski definition) is 4. The van der Waals surface area contributed by atoms with Gasteiger partial charge in [0.15, 0.2) is 17.3 Å². The molecule has 0 aliphatic carbocycles. The van der Waals surface area contributed by atoms with Gasteiger partial charge < -0.3 is 15.3 Å². The van der Waals surface area contributed by atoms with Crippen molar-refractivity contribution in [1.29, 1.82) is 0 Å². The number of carbonyl (C=O) groups is 1. The Hall–Kier alpha value is -2.20. The van der Waals surface area contributed by atoms with Crippen LogP contribution in [-0.4, -0.2) is 21.1 Å². The van der Waals surface area contributed by atoms with Crippen molar-refractivity contribution in [3.8, 4) is 17.2 Å². The normalized spacial score (nSPS) is 10.3. The molecule has 0 fully saturated rings. The molecule has 2 aromatic rings. The first-order valence-corrected chi connectivity index (χ1v) is 5.42. The Morgan fingerprint density at radius 1 is 1.00 bits per heavy atom. The van der Waals surface area contributed by atoms with Crippen molar-refractivity contribution in [3.05, 3.63) is 52.5 Å². The maximum atomic E-state index is 12.1. The zero-order valence-electron chi connectivity index (χ0n) is 9.09. The number of hydrogen-bond donors (Lipinski definition) is 3. The summed E-state index contributed by atoms with van der Waals surface area (Å²) in [4.78, 5) is 12.1. The summed E-state index contributed by atoms with van der Waals surface area (Å²) in [7, 11) is 0. The molecule has 0 heterocycles. The number of phenolic OH excluding ortho intramolecular Hbond substituents is 3. The third-order valence-electron chi connectivity index (χ3n) is 2.46. The number of phenols is 3. The minimum absolute atomic E-state index is 0.104. The SMILES string of the molecule is O=C(c1cccc(Cl)c1)c1ccc(O)c(O)c1O. The van der Waals surface area contributed by atoms with Gasteiger partial charge in [-0.1, -0.05) is 23.7 Å². The van der Waals surface area contributed by atoms with Crippen LogP contribution in [0.15, 0.2) is 36.4 Å². The number of ketones is 1. The summed E-state index contributed by atoms with van der Waals surface area (Å²) >= 11 is 5.77. The van der Waals surface area contributed by atoms with E-state index in [1.165, 1.54) is 18.2 Å². The molecule has 0 amide bonds. The van der Waals surface area contributed by atoms with Crippen LogP contribution in [0, 0.1) is 0 Å². The molecule has 0 unspecified atom stereocenters. The van der Waals surface area contributed by atoms with E-state index in [4.69, 9.17) is 11.6 Å². The maximum Gasteiger partial charge on any atom is 0.201 e. The van der Waals surface area contributed by atoms with Crippen molar-refractivity contribution < 1.29 is 20.1 Å². The van der Waals surface area contributed by atoms with E-state index < -0.39 is 23.0 Å². The molecule has 0 atom stereocenters. The third kappa shape index (κ3) is 2.10. The number of aromatic hydroxyl groups is 3. The summed E-state index contributed by atoms with van der Waals surface area (Å²) in [6.07, 6.45) is 0. The van der Waals surface area contributed by atoms with Crippen LogP contribution >= 0.6 is 11.6 Å². The number of halogens is 1. The van der Waals surface area contributed by atoms with Gasteiger partial charge in [-0.3, -0.25) is 4.79 Å². The quantitative estimate of drug-likeness (QED) is 0.576. The Morgan fingerprint density at radius 3 is 2.39 bits per heavy atom. The molecule has 0 bridgehead atoms. The molecule has 0 saturated carbocycles. The Morgan fingerprint density at radius 2 is 1.72 bits per heavy atom. The van der Waals surface area contributed by atoms with Crippen molar-refractivity contribution in [3.63, 3.8) is 0 Å². The van der Waals surface area contributed by atoms with E-state index in [0.29, 0.717) is 5.02 Å². The summed E-state index contributed by atoms with van der Waals surface area (Å²) in [5.74, 6) is -2.36. The second kappa shape index (κ2) is 4.58. The van der Waals surface area contributed by atoms with Gasteiger partial charge in [0.1, 0.15) is 0 Å². The number of carbonyl (C=O) groups excluding carboxylic acids is 1. The van der Waals surface area contributed by atoms with Crippen LogP contribution < -0.4 is 0 Å². The average Bonchev–Trinajstić information content (AvgIpc) is 2.35. The molecule has 4 nitrogen and oxygen atoms in total. The Labute approximate surface area is 108 Å². The predicted octanol–water partition coefficient (Wildman–Crippen LogP) is 2.69. The standard InChI is InChI=1S/C13H9ClO4/c14-8-3-1-2-7(6-8)11(16)9-4-5-10(15)13(18)12(9)17/h1-6,15,17-18H. The highest BCUT2D eigenvalue weighted by Gasteiger charge is 2.18. The Balaban J connectivity index is 2.50. The summed E-state index contributed by atoms with van der Waals surface area (Å²) in [6.45, 7) is 0. The molecule has 5 heteroatoms. The topological polar surface area (TPSA) is 77.8 Å². The summed E-state index contributed by atoms with van der Waals surface area (Å²) in [6, 6.07) is 8.57. The molecule has 2 aromatic carbocycles. The second-order valence-electron chi connectivity index (χ2n) is 3.67. The van der Waals surface area contributed by atoms with Crippen molar-refractivity contribution in [2.75, 3.05) is 0 Å². The van der Waals surface area contributed by atoms with Crippen molar-refractivity contribution >= 4 is 17.4 Å². The van der Waals surface area contributed by atoms with Gasteiger partial charge in [-0.25, -0.2) is 0 Å². The second-order valence-corrected chi connectivity index (χ2v) is 4.11. The van der Waals surface area contributed by atoms with E-state index >= 15 is 0 Å². The van der Waals surface area contributed by atoms with Crippen molar-refractivity contribution in [2.24, 2.45) is 0 Å². The van der Waals surface area contributed by atoms with Crippen LogP contribution in [-0.2, 0) is 0 Å². The Kier molecular flexibility index (Phi) is 3.12. The average molecular weight is 265 g/mol. The fraction of sp³-hybridized carbons (Fsp3) is 0. The van der Waals surface area contributed by atoms with E-state index in [2.05, 4.69) is 0 Å². The van der Waals surface area contributed by atoms with Crippen LogP contribution in [0.25, 0.3) is 0 Å². The molecular formula is C13H9ClO4. The lowest BCUT2D eigenvalue weighted by molar-refractivity contribution is 0.103. The molecule has 0 aliphatic heterocycles. The van der Waals surface area contributed by atoms with Gasteiger partial charge in [-0.2, -0.15) is 0 Å². The van der Waals surface area contributed by atoms with Gasteiger partial charge in [0.25, 0.3) is 0 Å². The molecule has 0 spiro atoms. The highest BCUT2D eigenvalue weighted by atomic mass is 35.5. The maximum absolute atomic E-state index is 12.1. The first kappa shape index (κ1) is 12.3. The first-order chi connectivity index (χ1) is 8.50. The van der Waals surface area contributed by atoms with E-state index in [-0.39, 0.29) is 11.1 Å². The van der Waals surface area contributed by atoms with Crippen LogP contribution in [0.3, 0.4) is 0 Å². The van der Waals surface area contributed by atoms with Gasteiger partial charge in [-0.15, -0.1) is 0 Å². The zero-order valence-corrected chi connectivity index (χ0v) is 9.85. The number of benzene rings is 2. The largest absolute Gasteiger partial charge is 0.504 e. The summed E-state index contributed by atoms with van der Waals surface area (Å²) < 4.78 is 0. The van der Waals surface area contributed by atoms with Crippen LogP contribution in [0.4, 0.5) is 0 Å². The van der Waals surface area contributed by atoms with Crippen LogP contribution in [0.2, 0.25) is 5.02 Å². The molecule has 2 rings (SSSR count). The monoisotopic (exact) mass is 264 g/mol. The predicted molar refractivity (Wildman–Crippen MR) is 66.3 cm³/mol. The van der Waals surface area contributed by atoms with Gasteiger partial charge in [0, 0.05) is 10.6 Å². The van der Waals surface area contributed by atoms with Crippen molar-refractivity contribution in [1.82, 2.24) is 0 Å². The molecular weight excluding hydrogens is 256 g/mol. The Bertz CT molecular complexity index is 622. The molecule has 0 radical (unpaired) electrons. The van der Waals surface area contributed by atoms with E-state index in [1.807, 2.05) is 0 Å². The molecule has 18 heavy (non-hydrogen) atoms. The molecule has 0 aliphatic rings. The van der Waals surface area contributed by atoms with Gasteiger partial charge in [0.2, 0.25) is 5.75 Å². The highest BCUT2D eigenvalue weighted by molar-refractivity contribution is 6.31. The van der Waals surface area contributed by atoms with E-state index in [0.717, 1.165) is 6.07 Å². The van der Waals surface area contributed by atoms with Gasteiger partial charge >= 0.3 is 0 Å². The smallest absolute Gasteiger partial charge is 0.201 e. The van der Waals surface area contributed by atoms with Crippen molar-refractivity contribution in [2.45, 2.75) is 0 Å². The summed E-state index contributed by atoms with van der Waals surface area (Å²) in [5.41, 5.74) is 0.176. The van der Waals surface area contributed by atoms with E-state index in [9.17, 15) is 20.1 Å². The molecule has 92 valence electrons. The van der Waals surface area contributed by atoms with Gasteiger partial charge in [0.05, 0.1) is 5.56 Å². The minimum Gasteiger partial charge on any atom is -0.504 e. The fourth-order valence-electron chi connectivity index (χ4n) is 1.54. The van der Waals surface area contributed by atoms with E-state index in [1.54, 1.807) is 12.1 Å². The summed E-state index contributed by atoms with van der Waals surface area (Å²) in [5, 5.41) is 28.5. The highest BCUT2D eigenvalue weighted by Crippen LogP contribution is 2.37. The lowest BCUT2D eigenvalue weighted by Crippen LogP contribution is -2.01. The van der Waals surface area contributed by atoms with Crippen LogP contribution in [0.1, 0.15) is 15.9 Å². The lowest BCUT2D eigenvalue weighted by atomic mass is 10.0. The number of rotatable bonds is 2.